The van der Waals surface area contributed by atoms with Crippen LogP contribution in [0.3, 0.4) is 0 Å². The lowest BCUT2D eigenvalue weighted by Gasteiger charge is -2.25. The molecule has 1 fully saturated rings. The predicted octanol–water partition coefficient (Wildman–Crippen LogP) is 2.18. The average Bonchev–Trinajstić information content (AvgIpc) is 1.88. The maximum Gasteiger partial charge on any atom is 0.426 e. The number of hydrogen-bond donors (Lipinski definition) is 0. The molecule has 62 valence electrons. The Balaban J connectivity index is 0.000000461. The van der Waals surface area contributed by atoms with Crippen molar-refractivity contribution in [2.75, 3.05) is 0 Å². The fourth-order valence-electron chi connectivity index (χ4n) is 0.906. The zero-order chi connectivity index (χ0) is 8.85. The Kier molecular flexibility index (Phi) is 7.96. The lowest BCUT2D eigenvalue weighted by Crippen LogP contribution is -2.44. The standard InChI is InChI=1S/C3H9B3O3.I2/c1-4-7-5(2)9-6(3)8-4;1-2/h1-3H3;. The van der Waals surface area contributed by atoms with Crippen molar-refractivity contribution in [3.63, 3.8) is 0 Å². The quantitative estimate of drug-likeness (QED) is 0.477. The van der Waals surface area contributed by atoms with E-state index < -0.39 is 0 Å². The highest BCUT2D eigenvalue weighted by atomic mass is 128. The Bertz CT molecular complexity index is 82.8. The SMILES string of the molecule is CB1OB(C)OB(C)O1.II. The van der Waals surface area contributed by atoms with Gasteiger partial charge in [0, 0.05) is 37.2 Å². The summed E-state index contributed by atoms with van der Waals surface area (Å²) in [5, 5.41) is 0. The molecular weight excluding hydrogens is 370 g/mol. The molecule has 0 aromatic rings. The first kappa shape index (κ1) is 12.5. The number of halogens is 2. The third kappa shape index (κ3) is 5.72. The first-order valence-corrected chi connectivity index (χ1v) is 9.57. The van der Waals surface area contributed by atoms with E-state index in [9.17, 15) is 0 Å². The molecule has 1 rings (SSSR count). The van der Waals surface area contributed by atoms with Gasteiger partial charge in [0.2, 0.25) is 0 Å². The summed E-state index contributed by atoms with van der Waals surface area (Å²) in [6.07, 6.45) is 0. The molecule has 0 radical (unpaired) electrons. The Morgan fingerprint density at radius 2 is 0.909 bits per heavy atom. The molecule has 0 amide bonds. The summed E-state index contributed by atoms with van der Waals surface area (Å²) < 4.78 is 15.3. The molecule has 1 saturated heterocycles. The van der Waals surface area contributed by atoms with Gasteiger partial charge in [-0.25, -0.2) is 0 Å². The van der Waals surface area contributed by atoms with Gasteiger partial charge in [0.1, 0.15) is 0 Å². The fraction of sp³-hybridized carbons (Fsp3) is 1.00. The summed E-state index contributed by atoms with van der Waals surface area (Å²) in [5.74, 6) is 0. The van der Waals surface area contributed by atoms with Crippen LogP contribution in [-0.4, -0.2) is 21.4 Å². The van der Waals surface area contributed by atoms with E-state index in [2.05, 4.69) is 37.2 Å². The molecule has 0 N–H and O–H groups in total. The highest BCUT2D eigenvalue weighted by molar-refractivity contribution is 15.0. The Morgan fingerprint density at radius 1 is 0.727 bits per heavy atom. The largest absolute Gasteiger partial charge is 0.453 e. The minimum atomic E-state index is -0.135. The predicted molar refractivity (Wildman–Crippen MR) is 66.1 cm³/mol. The van der Waals surface area contributed by atoms with Crippen LogP contribution in [0.15, 0.2) is 0 Å². The monoisotopic (exact) mass is 380 g/mol. The van der Waals surface area contributed by atoms with Crippen LogP contribution in [0.4, 0.5) is 0 Å². The summed E-state index contributed by atoms with van der Waals surface area (Å²) >= 11 is 4.24. The van der Waals surface area contributed by atoms with Crippen molar-refractivity contribution in [3.05, 3.63) is 0 Å². The molecule has 0 aromatic carbocycles. The first-order chi connectivity index (χ1) is 5.18. The molecule has 0 atom stereocenters. The molecule has 3 nitrogen and oxygen atoms in total. The van der Waals surface area contributed by atoms with Crippen molar-refractivity contribution in [1.82, 2.24) is 0 Å². The van der Waals surface area contributed by atoms with Crippen LogP contribution < -0.4 is 0 Å². The summed E-state index contributed by atoms with van der Waals surface area (Å²) in [6.45, 7) is 5.57. The topological polar surface area (TPSA) is 27.7 Å². The summed E-state index contributed by atoms with van der Waals surface area (Å²) in [4.78, 5) is 0. The van der Waals surface area contributed by atoms with Gasteiger partial charge in [0.15, 0.2) is 0 Å². The van der Waals surface area contributed by atoms with Gasteiger partial charge >= 0.3 is 21.4 Å². The second kappa shape index (κ2) is 6.99. The average molecular weight is 379 g/mol. The van der Waals surface area contributed by atoms with E-state index in [1.807, 2.05) is 20.5 Å². The van der Waals surface area contributed by atoms with Gasteiger partial charge in [0.05, 0.1) is 0 Å². The maximum absolute atomic E-state index is 5.11. The Morgan fingerprint density at radius 3 is 1.09 bits per heavy atom. The van der Waals surface area contributed by atoms with Gasteiger partial charge in [-0.3, -0.25) is 0 Å². The van der Waals surface area contributed by atoms with Crippen molar-refractivity contribution < 1.29 is 13.7 Å². The van der Waals surface area contributed by atoms with Crippen molar-refractivity contribution in [2.24, 2.45) is 0 Å². The van der Waals surface area contributed by atoms with E-state index in [0.717, 1.165) is 0 Å². The van der Waals surface area contributed by atoms with E-state index in [1.165, 1.54) is 0 Å². The van der Waals surface area contributed by atoms with Gasteiger partial charge in [-0.05, 0) is 20.5 Å². The minimum Gasteiger partial charge on any atom is -0.453 e. The molecule has 1 aliphatic heterocycles. The van der Waals surface area contributed by atoms with Crippen molar-refractivity contribution in [2.45, 2.75) is 20.5 Å². The van der Waals surface area contributed by atoms with E-state index in [-0.39, 0.29) is 21.4 Å². The second-order valence-corrected chi connectivity index (χ2v) is 2.11. The summed E-state index contributed by atoms with van der Waals surface area (Å²) in [5.41, 5.74) is 0. The first-order valence-electron chi connectivity index (χ1n) is 3.29. The lowest BCUT2D eigenvalue weighted by molar-refractivity contribution is 0.294. The molecule has 1 aliphatic rings. The van der Waals surface area contributed by atoms with E-state index in [4.69, 9.17) is 13.7 Å². The Labute approximate surface area is 92.0 Å². The number of hydrogen-bond acceptors (Lipinski definition) is 3. The van der Waals surface area contributed by atoms with E-state index >= 15 is 0 Å². The normalized spacial score (nSPS) is 17.7. The summed E-state index contributed by atoms with van der Waals surface area (Å²) in [7, 11) is -0.406. The van der Waals surface area contributed by atoms with Crippen LogP contribution in [-0.2, 0) is 13.7 Å². The molecule has 8 heteroatoms. The molecule has 1 heterocycles. The van der Waals surface area contributed by atoms with E-state index in [0.29, 0.717) is 0 Å². The maximum atomic E-state index is 5.11. The van der Waals surface area contributed by atoms with Gasteiger partial charge in [0.25, 0.3) is 0 Å². The second-order valence-electron chi connectivity index (χ2n) is 2.11. The van der Waals surface area contributed by atoms with Crippen LogP contribution in [0, 0.1) is 0 Å². The third-order valence-corrected chi connectivity index (χ3v) is 1.15. The van der Waals surface area contributed by atoms with Crippen molar-refractivity contribution in [1.29, 1.82) is 0 Å². The van der Waals surface area contributed by atoms with Crippen molar-refractivity contribution >= 4 is 58.6 Å². The molecule has 0 bridgehead atoms. The molecule has 0 aliphatic carbocycles. The zero-order valence-electron chi connectivity index (χ0n) is 6.71. The Hall–Kier alpha value is 1.53. The number of rotatable bonds is 0. The molecular formula is C3H9B3I2O3. The van der Waals surface area contributed by atoms with Crippen molar-refractivity contribution in [3.8, 4) is 0 Å². The van der Waals surface area contributed by atoms with Gasteiger partial charge in [-0.15, -0.1) is 0 Å². The van der Waals surface area contributed by atoms with Gasteiger partial charge < -0.3 is 13.7 Å². The minimum absolute atomic E-state index is 0.135. The molecule has 11 heavy (non-hydrogen) atoms. The van der Waals surface area contributed by atoms with Gasteiger partial charge in [-0.2, -0.15) is 0 Å². The van der Waals surface area contributed by atoms with Crippen LogP contribution in [0.2, 0.25) is 20.5 Å². The van der Waals surface area contributed by atoms with Crippen LogP contribution in [0.5, 0.6) is 0 Å². The van der Waals surface area contributed by atoms with Crippen LogP contribution >= 0.6 is 37.2 Å². The van der Waals surface area contributed by atoms with Gasteiger partial charge in [-0.1, -0.05) is 0 Å². The smallest absolute Gasteiger partial charge is 0.426 e. The zero-order valence-corrected chi connectivity index (χ0v) is 11.0. The molecule has 0 aromatic heterocycles. The van der Waals surface area contributed by atoms with Crippen LogP contribution in [0.1, 0.15) is 0 Å². The van der Waals surface area contributed by atoms with E-state index in [1.54, 1.807) is 0 Å². The fourth-order valence-corrected chi connectivity index (χ4v) is 0.906. The highest BCUT2D eigenvalue weighted by Gasteiger charge is 2.31. The molecule has 0 saturated carbocycles. The highest BCUT2D eigenvalue weighted by Crippen LogP contribution is 2.06. The lowest BCUT2D eigenvalue weighted by atomic mass is 9.74. The summed E-state index contributed by atoms with van der Waals surface area (Å²) in [6, 6.07) is 0. The molecule has 0 unspecified atom stereocenters. The third-order valence-electron chi connectivity index (χ3n) is 1.15. The molecule has 0 spiro atoms. The van der Waals surface area contributed by atoms with Crippen LogP contribution in [0.25, 0.3) is 0 Å².